The smallest absolute Gasteiger partial charge is 0.277 e. The Morgan fingerprint density at radius 1 is 1.10 bits per heavy atom. The van der Waals surface area contributed by atoms with E-state index in [2.05, 4.69) is 15.6 Å². The van der Waals surface area contributed by atoms with Gasteiger partial charge in [-0.05, 0) is 37.6 Å². The summed E-state index contributed by atoms with van der Waals surface area (Å²) in [7, 11) is 0. The second-order valence-electron chi connectivity index (χ2n) is 6.84. The molecule has 2 aromatic heterocycles. The normalized spacial score (nSPS) is 10.9. The molecule has 0 spiro atoms. The minimum absolute atomic E-state index is 0.169. The van der Waals surface area contributed by atoms with Crippen molar-refractivity contribution in [3.63, 3.8) is 0 Å². The number of nitrogens with zero attached hydrogens (tertiary/aromatic N) is 3. The van der Waals surface area contributed by atoms with Crippen LogP contribution in [0.1, 0.15) is 27.4 Å². The molecule has 1 amide bonds. The summed E-state index contributed by atoms with van der Waals surface area (Å²) < 4.78 is 7.13. The number of amides is 1. The lowest BCUT2D eigenvalue weighted by Gasteiger charge is -2.07. The van der Waals surface area contributed by atoms with Crippen molar-refractivity contribution in [2.75, 3.05) is 5.32 Å². The second kappa shape index (κ2) is 8.34. The SMILES string of the molecule is Cc1nn(Cc2ccccc2Cl)c(C)c1NC(=O)c1cc(-c2cccc(Cl)c2)on1. The lowest BCUT2D eigenvalue weighted by atomic mass is 10.1. The quantitative estimate of drug-likeness (QED) is 0.427. The molecule has 4 aromatic rings. The summed E-state index contributed by atoms with van der Waals surface area (Å²) in [6.07, 6.45) is 0. The third kappa shape index (κ3) is 4.10. The Bertz CT molecular complexity index is 1230. The number of carbonyl (C=O) groups is 1. The number of aryl methyl sites for hydroxylation is 1. The van der Waals surface area contributed by atoms with Crippen molar-refractivity contribution in [3.8, 4) is 11.3 Å². The van der Waals surface area contributed by atoms with E-state index in [0.29, 0.717) is 33.7 Å². The van der Waals surface area contributed by atoms with Crippen molar-refractivity contribution in [3.05, 3.63) is 87.3 Å². The van der Waals surface area contributed by atoms with Gasteiger partial charge in [0.15, 0.2) is 11.5 Å². The van der Waals surface area contributed by atoms with Gasteiger partial charge in [0.1, 0.15) is 0 Å². The Balaban J connectivity index is 1.54. The third-order valence-corrected chi connectivity index (χ3v) is 5.35. The van der Waals surface area contributed by atoms with Crippen LogP contribution in [0.2, 0.25) is 10.0 Å². The maximum atomic E-state index is 12.7. The van der Waals surface area contributed by atoms with Crippen LogP contribution in [0.3, 0.4) is 0 Å². The van der Waals surface area contributed by atoms with Gasteiger partial charge in [-0.3, -0.25) is 9.48 Å². The summed E-state index contributed by atoms with van der Waals surface area (Å²) in [6, 6.07) is 16.3. The zero-order valence-electron chi connectivity index (χ0n) is 16.3. The highest BCUT2D eigenvalue weighted by Gasteiger charge is 2.19. The van der Waals surface area contributed by atoms with Crippen LogP contribution in [0.25, 0.3) is 11.3 Å². The number of halogens is 2. The van der Waals surface area contributed by atoms with Crippen LogP contribution >= 0.6 is 23.2 Å². The average molecular weight is 441 g/mol. The minimum Gasteiger partial charge on any atom is -0.355 e. The molecule has 2 aromatic carbocycles. The monoisotopic (exact) mass is 440 g/mol. The van der Waals surface area contributed by atoms with E-state index in [0.717, 1.165) is 16.8 Å². The Morgan fingerprint density at radius 2 is 1.90 bits per heavy atom. The standard InChI is InChI=1S/C22H18Cl2N4O2/c1-13-21(14(2)28(26-13)12-16-6-3-4-9-18(16)24)25-22(29)19-11-20(30-27-19)15-7-5-8-17(23)10-15/h3-11H,12H2,1-2H3,(H,25,29). The number of carbonyl (C=O) groups excluding carboxylic acids is 1. The van der Waals surface area contributed by atoms with E-state index < -0.39 is 0 Å². The molecule has 0 radical (unpaired) electrons. The second-order valence-corrected chi connectivity index (χ2v) is 7.68. The van der Waals surface area contributed by atoms with Gasteiger partial charge in [0.25, 0.3) is 5.91 Å². The molecule has 0 saturated carbocycles. The van der Waals surface area contributed by atoms with Crippen molar-refractivity contribution >= 4 is 34.8 Å². The summed E-state index contributed by atoms with van der Waals surface area (Å²) in [4.78, 5) is 12.7. The fraction of sp³-hybridized carbons (Fsp3) is 0.136. The predicted molar refractivity (Wildman–Crippen MR) is 117 cm³/mol. The van der Waals surface area contributed by atoms with Gasteiger partial charge in [-0.15, -0.1) is 0 Å². The largest absolute Gasteiger partial charge is 0.355 e. The number of aromatic nitrogens is 3. The molecule has 152 valence electrons. The Hall–Kier alpha value is -3.09. The fourth-order valence-electron chi connectivity index (χ4n) is 3.16. The lowest BCUT2D eigenvalue weighted by molar-refractivity contribution is 0.101. The highest BCUT2D eigenvalue weighted by molar-refractivity contribution is 6.31. The van der Waals surface area contributed by atoms with Crippen LogP contribution in [0.4, 0.5) is 5.69 Å². The van der Waals surface area contributed by atoms with Crippen LogP contribution in [-0.2, 0) is 6.54 Å². The van der Waals surface area contributed by atoms with Crippen molar-refractivity contribution in [1.82, 2.24) is 14.9 Å². The molecule has 4 rings (SSSR count). The van der Waals surface area contributed by atoms with Gasteiger partial charge in [-0.1, -0.05) is 58.7 Å². The van der Waals surface area contributed by atoms with Crippen LogP contribution < -0.4 is 5.32 Å². The molecule has 0 aliphatic rings. The number of hydrogen-bond donors (Lipinski definition) is 1. The van der Waals surface area contributed by atoms with Crippen molar-refractivity contribution < 1.29 is 9.32 Å². The first-order valence-corrected chi connectivity index (χ1v) is 9.99. The minimum atomic E-state index is -0.379. The van der Waals surface area contributed by atoms with E-state index in [9.17, 15) is 4.79 Å². The van der Waals surface area contributed by atoms with E-state index in [1.165, 1.54) is 0 Å². The molecule has 0 aliphatic carbocycles. The van der Waals surface area contributed by atoms with Crippen molar-refractivity contribution in [1.29, 1.82) is 0 Å². The molecule has 0 aliphatic heterocycles. The van der Waals surface area contributed by atoms with Gasteiger partial charge in [-0.2, -0.15) is 5.10 Å². The number of anilines is 1. The van der Waals surface area contributed by atoms with Gasteiger partial charge in [0.05, 0.1) is 23.6 Å². The summed E-state index contributed by atoms with van der Waals surface area (Å²) >= 11 is 12.3. The zero-order chi connectivity index (χ0) is 21.3. The van der Waals surface area contributed by atoms with Crippen LogP contribution in [0.15, 0.2) is 59.1 Å². The van der Waals surface area contributed by atoms with E-state index in [-0.39, 0.29) is 11.6 Å². The van der Waals surface area contributed by atoms with Gasteiger partial charge in [0, 0.05) is 21.7 Å². The summed E-state index contributed by atoms with van der Waals surface area (Å²) in [5, 5.41) is 12.6. The molecule has 8 heteroatoms. The highest BCUT2D eigenvalue weighted by Crippen LogP contribution is 2.26. The van der Waals surface area contributed by atoms with Gasteiger partial charge in [-0.25, -0.2) is 0 Å². The molecule has 30 heavy (non-hydrogen) atoms. The third-order valence-electron chi connectivity index (χ3n) is 4.75. The summed E-state index contributed by atoms with van der Waals surface area (Å²) in [5.74, 6) is 0.0843. The molecular weight excluding hydrogens is 423 g/mol. The maximum Gasteiger partial charge on any atom is 0.277 e. The first-order valence-electron chi connectivity index (χ1n) is 9.24. The van der Waals surface area contributed by atoms with E-state index in [1.807, 2.05) is 48.9 Å². The van der Waals surface area contributed by atoms with Crippen molar-refractivity contribution in [2.24, 2.45) is 0 Å². The first kappa shape index (κ1) is 20.2. The molecule has 6 nitrogen and oxygen atoms in total. The van der Waals surface area contributed by atoms with Gasteiger partial charge >= 0.3 is 0 Å². The lowest BCUT2D eigenvalue weighted by Crippen LogP contribution is -2.13. The molecule has 0 fully saturated rings. The number of benzene rings is 2. The number of nitrogens with one attached hydrogen (secondary N) is 1. The summed E-state index contributed by atoms with van der Waals surface area (Å²) in [5.41, 5.74) is 4.02. The molecule has 0 bridgehead atoms. The molecule has 0 saturated heterocycles. The Kier molecular flexibility index (Phi) is 5.61. The zero-order valence-corrected chi connectivity index (χ0v) is 17.8. The Morgan fingerprint density at radius 3 is 2.67 bits per heavy atom. The van der Waals surface area contributed by atoms with E-state index in [1.54, 1.807) is 24.3 Å². The first-order chi connectivity index (χ1) is 14.4. The van der Waals surface area contributed by atoms with Crippen LogP contribution in [0, 0.1) is 13.8 Å². The molecule has 1 N–H and O–H groups in total. The fourth-order valence-corrected chi connectivity index (χ4v) is 3.54. The molecule has 2 heterocycles. The van der Waals surface area contributed by atoms with E-state index >= 15 is 0 Å². The number of rotatable bonds is 5. The van der Waals surface area contributed by atoms with Gasteiger partial charge in [0.2, 0.25) is 0 Å². The topological polar surface area (TPSA) is 73.0 Å². The highest BCUT2D eigenvalue weighted by atomic mass is 35.5. The molecule has 0 unspecified atom stereocenters. The molecular formula is C22H18Cl2N4O2. The average Bonchev–Trinajstić information content (AvgIpc) is 3.31. The van der Waals surface area contributed by atoms with Crippen LogP contribution in [0.5, 0.6) is 0 Å². The van der Waals surface area contributed by atoms with Crippen LogP contribution in [-0.4, -0.2) is 20.8 Å². The van der Waals surface area contributed by atoms with Crippen molar-refractivity contribution in [2.45, 2.75) is 20.4 Å². The summed E-state index contributed by atoms with van der Waals surface area (Å²) in [6.45, 7) is 4.24. The molecule has 0 atom stereocenters. The predicted octanol–water partition coefficient (Wildman–Crippen LogP) is 5.76. The Labute approximate surface area is 183 Å². The maximum absolute atomic E-state index is 12.7. The van der Waals surface area contributed by atoms with E-state index in [4.69, 9.17) is 27.7 Å². The number of hydrogen-bond acceptors (Lipinski definition) is 4. The van der Waals surface area contributed by atoms with Gasteiger partial charge < -0.3 is 9.84 Å².